The molecule has 2 aromatic rings. The molecular weight excluding hydrogens is 310 g/mol. The lowest BCUT2D eigenvalue weighted by atomic mass is 9.95. The molecule has 0 spiro atoms. The summed E-state index contributed by atoms with van der Waals surface area (Å²) in [4.78, 5) is 36.1. The second-order valence-electron chi connectivity index (χ2n) is 5.84. The van der Waals surface area contributed by atoms with Gasteiger partial charge in [-0.25, -0.2) is 4.79 Å². The van der Waals surface area contributed by atoms with Gasteiger partial charge in [0.15, 0.2) is 11.5 Å². The fourth-order valence-electron chi connectivity index (χ4n) is 2.97. The maximum absolute atomic E-state index is 12.6. The zero-order valence-corrected chi connectivity index (χ0v) is 13.0. The molecule has 0 saturated heterocycles. The largest absolute Gasteiger partial charge is 0.508 e. The summed E-state index contributed by atoms with van der Waals surface area (Å²) >= 11 is 0. The van der Waals surface area contributed by atoms with Gasteiger partial charge < -0.3 is 14.8 Å². The Labute approximate surface area is 138 Å². The maximum Gasteiger partial charge on any atom is 0.340 e. The van der Waals surface area contributed by atoms with E-state index in [-0.39, 0.29) is 23.2 Å². The number of anilines is 1. The molecule has 0 radical (unpaired) electrons. The number of amides is 1. The van der Waals surface area contributed by atoms with Gasteiger partial charge in [0, 0.05) is 17.5 Å². The topological polar surface area (TPSA) is 96.6 Å². The van der Waals surface area contributed by atoms with Crippen molar-refractivity contribution < 1.29 is 19.1 Å². The molecule has 1 fully saturated rings. The summed E-state index contributed by atoms with van der Waals surface area (Å²) in [5.41, 5.74) is -0.0129. The average Bonchev–Trinajstić information content (AvgIpc) is 3.08. The van der Waals surface area contributed by atoms with Crippen molar-refractivity contribution in [2.75, 3.05) is 5.32 Å². The van der Waals surface area contributed by atoms with Crippen LogP contribution < -0.4 is 10.9 Å². The summed E-state index contributed by atoms with van der Waals surface area (Å²) in [6, 6.07) is 8.67. The van der Waals surface area contributed by atoms with Gasteiger partial charge in [-0.3, -0.25) is 9.59 Å². The first-order valence-corrected chi connectivity index (χ1v) is 7.83. The monoisotopic (exact) mass is 327 g/mol. The lowest BCUT2D eigenvalue weighted by Crippen LogP contribution is -2.18. The normalized spacial score (nSPS) is 14.5. The van der Waals surface area contributed by atoms with Crippen molar-refractivity contribution in [2.45, 2.75) is 25.7 Å². The molecule has 1 aliphatic carbocycles. The number of aromatic hydroxyl groups is 1. The van der Waals surface area contributed by atoms with E-state index in [1.807, 2.05) is 0 Å². The highest BCUT2D eigenvalue weighted by atomic mass is 16.4. The van der Waals surface area contributed by atoms with Gasteiger partial charge in [0.25, 0.3) is 5.91 Å². The number of hydrogen-bond acceptors (Lipinski definition) is 5. The van der Waals surface area contributed by atoms with Crippen molar-refractivity contribution in [3.05, 3.63) is 58.1 Å². The summed E-state index contributed by atoms with van der Waals surface area (Å²) < 4.78 is 4.78. The highest BCUT2D eigenvalue weighted by Crippen LogP contribution is 2.30. The molecule has 124 valence electrons. The van der Waals surface area contributed by atoms with Gasteiger partial charge in [0.05, 0.1) is 11.8 Å². The van der Waals surface area contributed by atoms with Crippen LogP contribution in [0.25, 0.3) is 0 Å². The highest BCUT2D eigenvalue weighted by Gasteiger charge is 2.26. The van der Waals surface area contributed by atoms with E-state index in [9.17, 15) is 19.5 Å². The first-order valence-electron chi connectivity index (χ1n) is 7.83. The van der Waals surface area contributed by atoms with Gasteiger partial charge >= 0.3 is 5.63 Å². The molecule has 2 N–H and O–H groups in total. The number of para-hydroxylation sites is 1. The Hall–Kier alpha value is -2.89. The number of benzene rings is 1. The van der Waals surface area contributed by atoms with Gasteiger partial charge in [-0.2, -0.15) is 0 Å². The zero-order chi connectivity index (χ0) is 17.1. The average molecular weight is 327 g/mol. The van der Waals surface area contributed by atoms with E-state index in [0.29, 0.717) is 11.3 Å². The summed E-state index contributed by atoms with van der Waals surface area (Å²) in [5, 5.41) is 12.0. The SMILES string of the molecule is O=C(Nc1ccccc1C(=O)C1CCCC1)c1cc(O)cc(=O)o1. The molecule has 1 aromatic carbocycles. The zero-order valence-electron chi connectivity index (χ0n) is 13.0. The minimum atomic E-state index is -0.824. The van der Waals surface area contributed by atoms with E-state index in [1.54, 1.807) is 24.3 Å². The molecule has 1 amide bonds. The van der Waals surface area contributed by atoms with Gasteiger partial charge in [-0.05, 0) is 25.0 Å². The van der Waals surface area contributed by atoms with E-state index >= 15 is 0 Å². The minimum absolute atomic E-state index is 0.0123. The van der Waals surface area contributed by atoms with Crippen LogP contribution in [0.5, 0.6) is 5.75 Å². The lowest BCUT2D eigenvalue weighted by molar-refractivity contribution is 0.0923. The molecule has 6 heteroatoms. The molecule has 1 saturated carbocycles. The quantitative estimate of drug-likeness (QED) is 0.842. The van der Waals surface area contributed by atoms with Crippen LogP contribution in [0, 0.1) is 5.92 Å². The van der Waals surface area contributed by atoms with Crippen LogP contribution >= 0.6 is 0 Å². The molecule has 1 heterocycles. The third-order valence-electron chi connectivity index (χ3n) is 4.15. The molecule has 6 nitrogen and oxygen atoms in total. The lowest BCUT2D eigenvalue weighted by Gasteiger charge is -2.13. The third-order valence-corrected chi connectivity index (χ3v) is 4.15. The minimum Gasteiger partial charge on any atom is -0.508 e. The third kappa shape index (κ3) is 3.37. The van der Waals surface area contributed by atoms with E-state index in [1.165, 1.54) is 0 Å². The maximum atomic E-state index is 12.6. The summed E-state index contributed by atoms with van der Waals surface area (Å²) in [5.74, 6) is -1.37. The fraction of sp³-hybridized carbons (Fsp3) is 0.278. The second kappa shape index (κ2) is 6.70. The Kier molecular flexibility index (Phi) is 4.46. The molecular formula is C18H17NO5. The Balaban J connectivity index is 1.86. The van der Waals surface area contributed by atoms with Gasteiger partial charge in [0.2, 0.25) is 0 Å². The Bertz CT molecular complexity index is 833. The van der Waals surface area contributed by atoms with Crippen LogP contribution in [-0.2, 0) is 0 Å². The van der Waals surface area contributed by atoms with Crippen molar-refractivity contribution in [3.63, 3.8) is 0 Å². The van der Waals surface area contributed by atoms with E-state index in [2.05, 4.69) is 5.32 Å². The molecule has 0 bridgehead atoms. The number of ketones is 1. The molecule has 1 aromatic heterocycles. The van der Waals surface area contributed by atoms with E-state index in [4.69, 9.17) is 4.42 Å². The van der Waals surface area contributed by atoms with Crippen LogP contribution in [-0.4, -0.2) is 16.8 Å². The number of carbonyl (C=O) groups is 2. The predicted molar refractivity (Wildman–Crippen MR) is 87.3 cm³/mol. The summed E-state index contributed by atoms with van der Waals surface area (Å²) in [6.07, 6.45) is 3.81. The molecule has 3 rings (SSSR count). The smallest absolute Gasteiger partial charge is 0.340 e. The molecule has 1 aliphatic rings. The fourth-order valence-corrected chi connectivity index (χ4v) is 2.97. The Morgan fingerprint density at radius 3 is 2.54 bits per heavy atom. The number of carbonyl (C=O) groups excluding carboxylic acids is 2. The van der Waals surface area contributed by atoms with Crippen molar-refractivity contribution >= 4 is 17.4 Å². The Morgan fingerprint density at radius 1 is 1.12 bits per heavy atom. The highest BCUT2D eigenvalue weighted by molar-refractivity contribution is 6.09. The van der Waals surface area contributed by atoms with Crippen LogP contribution in [0.15, 0.2) is 45.6 Å². The van der Waals surface area contributed by atoms with Crippen molar-refractivity contribution in [2.24, 2.45) is 5.92 Å². The van der Waals surface area contributed by atoms with Crippen LogP contribution in [0.1, 0.15) is 46.6 Å². The summed E-state index contributed by atoms with van der Waals surface area (Å²) in [6.45, 7) is 0. The van der Waals surface area contributed by atoms with E-state index in [0.717, 1.165) is 37.8 Å². The van der Waals surface area contributed by atoms with Gasteiger partial charge in [-0.15, -0.1) is 0 Å². The first kappa shape index (κ1) is 16.0. The van der Waals surface area contributed by atoms with Gasteiger partial charge in [-0.1, -0.05) is 25.0 Å². The summed E-state index contributed by atoms with van der Waals surface area (Å²) in [7, 11) is 0. The Morgan fingerprint density at radius 2 is 1.83 bits per heavy atom. The van der Waals surface area contributed by atoms with Crippen molar-refractivity contribution in [1.82, 2.24) is 0 Å². The van der Waals surface area contributed by atoms with Crippen molar-refractivity contribution in [1.29, 1.82) is 0 Å². The van der Waals surface area contributed by atoms with Crippen LogP contribution in [0.4, 0.5) is 5.69 Å². The first-order chi connectivity index (χ1) is 11.5. The molecule has 24 heavy (non-hydrogen) atoms. The standard InChI is InChI=1S/C18H17NO5/c20-12-9-15(24-16(21)10-12)18(23)19-14-8-4-3-7-13(14)17(22)11-5-1-2-6-11/h3-4,7-11,20H,1-2,5-6H2,(H,19,23). The number of Topliss-reactive ketones (excluding diaryl/α,β-unsaturated/α-hetero) is 1. The molecule has 0 unspecified atom stereocenters. The molecule has 0 aliphatic heterocycles. The number of nitrogens with one attached hydrogen (secondary N) is 1. The number of rotatable bonds is 4. The van der Waals surface area contributed by atoms with Gasteiger partial charge in [0.1, 0.15) is 5.75 Å². The predicted octanol–water partition coefficient (Wildman–Crippen LogP) is 2.97. The van der Waals surface area contributed by atoms with E-state index < -0.39 is 11.5 Å². The van der Waals surface area contributed by atoms with Crippen molar-refractivity contribution in [3.8, 4) is 5.75 Å². The second-order valence-corrected chi connectivity index (χ2v) is 5.84. The number of hydrogen-bond donors (Lipinski definition) is 2. The van der Waals surface area contributed by atoms with Crippen LogP contribution in [0.2, 0.25) is 0 Å². The molecule has 0 atom stereocenters. The van der Waals surface area contributed by atoms with Crippen LogP contribution in [0.3, 0.4) is 0 Å².